The summed E-state index contributed by atoms with van der Waals surface area (Å²) in [5.74, 6) is -0.406. The third-order valence-corrected chi connectivity index (χ3v) is 6.58. The minimum absolute atomic E-state index is 0.172. The lowest BCUT2D eigenvalue weighted by Crippen LogP contribution is -2.42. The van der Waals surface area contributed by atoms with E-state index in [0.29, 0.717) is 30.8 Å². The van der Waals surface area contributed by atoms with E-state index in [2.05, 4.69) is 10.5 Å². The molecule has 0 radical (unpaired) electrons. The van der Waals surface area contributed by atoms with Crippen molar-refractivity contribution in [1.29, 1.82) is 0 Å². The number of hydrazone groups is 1. The highest BCUT2D eigenvalue weighted by atomic mass is 32.2. The number of piperidine rings is 1. The Labute approximate surface area is 159 Å². The van der Waals surface area contributed by atoms with Gasteiger partial charge in [-0.2, -0.15) is 9.41 Å². The Morgan fingerprint density at radius 2 is 1.70 bits per heavy atom. The first-order chi connectivity index (χ1) is 13.0. The first-order valence-electron chi connectivity index (χ1n) is 8.91. The van der Waals surface area contributed by atoms with Crippen molar-refractivity contribution in [2.24, 2.45) is 11.0 Å². The summed E-state index contributed by atoms with van der Waals surface area (Å²) in [6, 6.07) is 16.3. The van der Waals surface area contributed by atoms with Crippen LogP contribution in [0.5, 0.6) is 0 Å². The smallest absolute Gasteiger partial charge is 0.243 e. The number of benzene rings is 2. The molecular formula is C20H23N3O3S. The number of nitrogens with zero attached hydrogens (tertiary/aromatic N) is 2. The number of amides is 1. The molecule has 2 aromatic carbocycles. The summed E-state index contributed by atoms with van der Waals surface area (Å²) in [5, 5.41) is 3.98. The summed E-state index contributed by atoms with van der Waals surface area (Å²) in [5.41, 5.74) is 4.47. The largest absolute Gasteiger partial charge is 0.273 e. The second-order valence-electron chi connectivity index (χ2n) is 6.64. The maximum atomic E-state index is 12.7. The number of rotatable bonds is 5. The summed E-state index contributed by atoms with van der Waals surface area (Å²) in [6.07, 6.45) is 2.56. The van der Waals surface area contributed by atoms with Gasteiger partial charge in [-0.05, 0) is 37.5 Å². The zero-order valence-corrected chi connectivity index (χ0v) is 16.0. The molecular weight excluding hydrogens is 362 g/mol. The lowest BCUT2D eigenvalue weighted by molar-refractivity contribution is -0.126. The van der Waals surface area contributed by atoms with Gasteiger partial charge in [0.15, 0.2) is 0 Å². The lowest BCUT2D eigenvalue weighted by Gasteiger charge is -2.30. The molecule has 1 saturated heterocycles. The van der Waals surface area contributed by atoms with Gasteiger partial charge in [0.25, 0.3) is 0 Å². The zero-order chi connectivity index (χ0) is 19.3. The first-order valence-corrected chi connectivity index (χ1v) is 10.4. The fraction of sp³-hybridized carbons (Fsp3) is 0.300. The molecule has 0 spiro atoms. The number of carbonyl (C=O) groups excluding carboxylic acids is 1. The van der Waals surface area contributed by atoms with Gasteiger partial charge in [0.1, 0.15) is 0 Å². The number of carbonyl (C=O) groups is 1. The fourth-order valence-electron chi connectivity index (χ4n) is 3.02. The molecule has 0 bridgehead atoms. The summed E-state index contributed by atoms with van der Waals surface area (Å²) >= 11 is 0. The van der Waals surface area contributed by atoms with Crippen molar-refractivity contribution in [2.75, 3.05) is 13.1 Å². The second kappa shape index (κ2) is 8.45. The molecule has 7 heteroatoms. The normalized spacial score (nSPS) is 16.5. The van der Waals surface area contributed by atoms with Crippen molar-refractivity contribution in [1.82, 2.24) is 9.73 Å². The standard InChI is InChI=1S/C20H23N3O3S/c1-16-7-9-19(10-8-16)27(25,26)23-13-11-18(12-14-23)20(24)22-21-15-17-5-3-2-4-6-17/h2-10,15,18H,11-14H2,1H3,(H,22,24)/b21-15-. The maximum absolute atomic E-state index is 12.7. The van der Waals surface area contributed by atoms with Crippen LogP contribution in [0, 0.1) is 12.8 Å². The Hall–Kier alpha value is -2.51. The molecule has 3 rings (SSSR count). The van der Waals surface area contributed by atoms with E-state index < -0.39 is 10.0 Å². The predicted octanol–water partition coefficient (Wildman–Crippen LogP) is 2.55. The Balaban J connectivity index is 1.54. The van der Waals surface area contributed by atoms with Crippen LogP contribution in [-0.4, -0.2) is 37.9 Å². The van der Waals surface area contributed by atoms with E-state index in [9.17, 15) is 13.2 Å². The summed E-state index contributed by atoms with van der Waals surface area (Å²) in [4.78, 5) is 12.6. The molecule has 1 amide bonds. The number of hydrogen-bond acceptors (Lipinski definition) is 4. The highest BCUT2D eigenvalue weighted by Gasteiger charge is 2.31. The van der Waals surface area contributed by atoms with Crippen LogP contribution in [0.15, 0.2) is 64.6 Å². The Bertz CT molecular complexity index is 901. The Kier molecular flexibility index (Phi) is 6.03. The van der Waals surface area contributed by atoms with E-state index >= 15 is 0 Å². The van der Waals surface area contributed by atoms with Gasteiger partial charge >= 0.3 is 0 Å². The molecule has 1 aliphatic heterocycles. The molecule has 6 nitrogen and oxygen atoms in total. The lowest BCUT2D eigenvalue weighted by atomic mass is 9.98. The Morgan fingerprint density at radius 3 is 2.33 bits per heavy atom. The van der Waals surface area contributed by atoms with Crippen molar-refractivity contribution < 1.29 is 13.2 Å². The van der Waals surface area contributed by atoms with Crippen LogP contribution < -0.4 is 5.43 Å². The van der Waals surface area contributed by atoms with Crippen molar-refractivity contribution in [3.05, 3.63) is 65.7 Å². The van der Waals surface area contributed by atoms with Gasteiger partial charge in [0.05, 0.1) is 11.1 Å². The zero-order valence-electron chi connectivity index (χ0n) is 15.2. The number of hydrogen-bond donors (Lipinski definition) is 1. The maximum Gasteiger partial charge on any atom is 0.243 e. The highest BCUT2D eigenvalue weighted by Crippen LogP contribution is 2.24. The molecule has 0 aliphatic carbocycles. The molecule has 0 saturated carbocycles. The molecule has 1 aliphatic rings. The molecule has 2 aromatic rings. The van der Waals surface area contributed by atoms with Crippen LogP contribution in [0.4, 0.5) is 0 Å². The van der Waals surface area contributed by atoms with Crippen LogP contribution in [0.3, 0.4) is 0 Å². The van der Waals surface area contributed by atoms with Gasteiger partial charge in [0, 0.05) is 19.0 Å². The van der Waals surface area contributed by atoms with Crippen LogP contribution >= 0.6 is 0 Å². The van der Waals surface area contributed by atoms with Gasteiger partial charge in [-0.1, -0.05) is 48.0 Å². The first kappa shape index (κ1) is 19.3. The Morgan fingerprint density at radius 1 is 1.07 bits per heavy atom. The predicted molar refractivity (Wildman–Crippen MR) is 105 cm³/mol. The SMILES string of the molecule is Cc1ccc(S(=O)(=O)N2CCC(C(=O)N/N=C\c3ccccc3)CC2)cc1. The van der Waals surface area contributed by atoms with E-state index in [1.807, 2.05) is 37.3 Å². The van der Waals surface area contributed by atoms with Crippen molar-refractivity contribution >= 4 is 22.1 Å². The third kappa shape index (κ3) is 4.81. The molecule has 0 aromatic heterocycles. The monoisotopic (exact) mass is 385 g/mol. The van der Waals surface area contributed by atoms with E-state index in [1.54, 1.807) is 30.5 Å². The summed E-state index contributed by atoms with van der Waals surface area (Å²) in [6.45, 7) is 2.58. The number of aryl methyl sites for hydroxylation is 1. The third-order valence-electron chi connectivity index (χ3n) is 4.67. The quantitative estimate of drug-likeness (QED) is 0.635. The van der Waals surface area contributed by atoms with Crippen molar-refractivity contribution in [3.63, 3.8) is 0 Å². The molecule has 1 N–H and O–H groups in total. The molecule has 27 heavy (non-hydrogen) atoms. The molecule has 0 atom stereocenters. The average Bonchev–Trinajstić information content (AvgIpc) is 2.69. The van der Waals surface area contributed by atoms with Gasteiger partial charge in [-0.25, -0.2) is 13.8 Å². The molecule has 142 valence electrons. The minimum atomic E-state index is -3.51. The number of nitrogens with one attached hydrogen (secondary N) is 1. The van der Waals surface area contributed by atoms with E-state index in [0.717, 1.165) is 11.1 Å². The van der Waals surface area contributed by atoms with E-state index in [4.69, 9.17) is 0 Å². The van der Waals surface area contributed by atoms with Crippen LogP contribution in [0.25, 0.3) is 0 Å². The molecule has 1 heterocycles. The van der Waals surface area contributed by atoms with Crippen molar-refractivity contribution in [2.45, 2.75) is 24.7 Å². The van der Waals surface area contributed by atoms with E-state index in [-0.39, 0.29) is 11.8 Å². The topological polar surface area (TPSA) is 78.8 Å². The summed E-state index contributed by atoms with van der Waals surface area (Å²) < 4.78 is 26.9. The van der Waals surface area contributed by atoms with Gasteiger partial charge in [0.2, 0.25) is 15.9 Å². The van der Waals surface area contributed by atoms with E-state index in [1.165, 1.54) is 4.31 Å². The number of sulfonamides is 1. The van der Waals surface area contributed by atoms with Gasteiger partial charge in [-0.3, -0.25) is 4.79 Å². The second-order valence-corrected chi connectivity index (χ2v) is 8.57. The van der Waals surface area contributed by atoms with Gasteiger partial charge < -0.3 is 0 Å². The van der Waals surface area contributed by atoms with Crippen LogP contribution in [0.2, 0.25) is 0 Å². The van der Waals surface area contributed by atoms with Crippen LogP contribution in [0.1, 0.15) is 24.0 Å². The highest BCUT2D eigenvalue weighted by molar-refractivity contribution is 7.89. The van der Waals surface area contributed by atoms with Crippen LogP contribution in [-0.2, 0) is 14.8 Å². The summed E-state index contributed by atoms with van der Waals surface area (Å²) in [7, 11) is -3.51. The fourth-order valence-corrected chi connectivity index (χ4v) is 4.49. The minimum Gasteiger partial charge on any atom is -0.273 e. The molecule has 1 fully saturated rings. The van der Waals surface area contributed by atoms with Crippen molar-refractivity contribution in [3.8, 4) is 0 Å². The average molecular weight is 385 g/mol. The van der Waals surface area contributed by atoms with Gasteiger partial charge in [-0.15, -0.1) is 0 Å². The molecule has 0 unspecified atom stereocenters.